The molecule has 1 aliphatic carbocycles. The van der Waals surface area contributed by atoms with Crippen molar-refractivity contribution in [2.24, 2.45) is 0 Å². The van der Waals surface area contributed by atoms with Crippen molar-refractivity contribution in [2.45, 2.75) is 51.6 Å². The van der Waals surface area contributed by atoms with Crippen LogP contribution in [0, 0.1) is 18.6 Å². The first-order valence-corrected chi connectivity index (χ1v) is 9.63. The minimum absolute atomic E-state index is 0.0116. The van der Waals surface area contributed by atoms with Gasteiger partial charge in [-0.3, -0.25) is 4.79 Å². The monoisotopic (exact) mass is 384 g/mol. The van der Waals surface area contributed by atoms with Gasteiger partial charge in [0.1, 0.15) is 17.2 Å². The lowest BCUT2D eigenvalue weighted by Crippen LogP contribution is -2.41. The Hall–Kier alpha value is -2.76. The van der Waals surface area contributed by atoms with Gasteiger partial charge in [0.25, 0.3) is 5.91 Å². The van der Waals surface area contributed by atoms with Crippen molar-refractivity contribution < 1.29 is 18.0 Å². The van der Waals surface area contributed by atoms with Gasteiger partial charge in [-0.25, -0.2) is 13.8 Å². The van der Waals surface area contributed by atoms with Crippen LogP contribution in [0.2, 0.25) is 0 Å². The zero-order valence-corrected chi connectivity index (χ0v) is 15.8. The van der Waals surface area contributed by atoms with Gasteiger partial charge in [0.05, 0.1) is 12.1 Å². The first kappa shape index (κ1) is 18.6. The van der Waals surface area contributed by atoms with Crippen LogP contribution in [0.1, 0.15) is 53.9 Å². The second kappa shape index (κ2) is 7.70. The molecule has 1 fully saturated rings. The minimum Gasteiger partial charge on any atom is -0.439 e. The van der Waals surface area contributed by atoms with Crippen molar-refractivity contribution in [1.29, 1.82) is 0 Å². The van der Waals surface area contributed by atoms with E-state index in [2.05, 4.69) is 4.98 Å². The fourth-order valence-corrected chi connectivity index (χ4v) is 3.88. The predicted molar refractivity (Wildman–Crippen MR) is 102 cm³/mol. The average molecular weight is 384 g/mol. The molecule has 1 aliphatic rings. The normalized spacial score (nSPS) is 15.1. The summed E-state index contributed by atoms with van der Waals surface area (Å²) >= 11 is 0. The van der Waals surface area contributed by atoms with Crippen LogP contribution in [0.4, 0.5) is 8.78 Å². The summed E-state index contributed by atoms with van der Waals surface area (Å²) in [6.07, 6.45) is 4.88. The van der Waals surface area contributed by atoms with E-state index in [0.717, 1.165) is 55.3 Å². The predicted octanol–water partition coefficient (Wildman–Crippen LogP) is 5.39. The molecule has 4 rings (SSSR count). The van der Waals surface area contributed by atoms with Crippen molar-refractivity contribution in [3.8, 4) is 0 Å². The van der Waals surface area contributed by atoms with Crippen molar-refractivity contribution in [3.05, 3.63) is 65.1 Å². The number of carbonyl (C=O) groups is 1. The highest BCUT2D eigenvalue weighted by Gasteiger charge is 2.29. The molecule has 0 saturated heterocycles. The maximum absolute atomic E-state index is 14.3. The molecule has 146 valence electrons. The molecule has 0 unspecified atom stereocenters. The minimum atomic E-state index is -0.848. The number of halogens is 2. The van der Waals surface area contributed by atoms with Crippen LogP contribution in [0.25, 0.3) is 11.1 Å². The summed E-state index contributed by atoms with van der Waals surface area (Å²) in [5.41, 5.74) is 2.34. The summed E-state index contributed by atoms with van der Waals surface area (Å²) in [6.45, 7) is 2.14. The summed E-state index contributed by atoms with van der Waals surface area (Å²) in [7, 11) is 0. The lowest BCUT2D eigenvalue weighted by Gasteiger charge is -2.33. The van der Waals surface area contributed by atoms with Gasteiger partial charge >= 0.3 is 0 Å². The number of amides is 1. The average Bonchev–Trinajstić information content (AvgIpc) is 3.08. The smallest absolute Gasteiger partial charge is 0.257 e. The molecule has 1 amide bonds. The fourth-order valence-electron chi connectivity index (χ4n) is 3.88. The number of aromatic nitrogens is 1. The molecule has 28 heavy (non-hydrogen) atoms. The highest BCUT2D eigenvalue weighted by molar-refractivity contribution is 5.94. The summed E-state index contributed by atoms with van der Waals surface area (Å²) < 4.78 is 33.3. The van der Waals surface area contributed by atoms with E-state index in [1.54, 1.807) is 4.90 Å². The molecule has 2 aromatic carbocycles. The standard InChI is InChI=1S/C22H22F2N2O2/c1-14-7-10-20-19(11-14)25-21(28-20)13-26(16-5-3-2-4-6-16)22(27)17-9-8-15(23)12-18(17)24/h7-12,16H,2-6,13H2,1H3. The third kappa shape index (κ3) is 3.77. The summed E-state index contributed by atoms with van der Waals surface area (Å²) in [4.78, 5) is 19.3. The molecule has 0 spiro atoms. The molecular formula is C22H22F2N2O2. The van der Waals surface area contributed by atoms with E-state index in [4.69, 9.17) is 4.42 Å². The number of carbonyl (C=O) groups excluding carboxylic acids is 1. The van der Waals surface area contributed by atoms with E-state index in [-0.39, 0.29) is 18.2 Å². The van der Waals surface area contributed by atoms with Gasteiger partial charge in [0, 0.05) is 12.1 Å². The van der Waals surface area contributed by atoms with Gasteiger partial charge in [-0.05, 0) is 49.6 Å². The Balaban J connectivity index is 1.66. The quantitative estimate of drug-likeness (QED) is 0.606. The Morgan fingerprint density at radius 2 is 1.93 bits per heavy atom. The van der Waals surface area contributed by atoms with Crippen molar-refractivity contribution in [2.75, 3.05) is 0 Å². The van der Waals surface area contributed by atoms with E-state index >= 15 is 0 Å². The molecule has 0 atom stereocenters. The lowest BCUT2D eigenvalue weighted by molar-refractivity contribution is 0.0588. The van der Waals surface area contributed by atoms with Gasteiger partial charge in [0.2, 0.25) is 5.89 Å². The number of rotatable bonds is 4. The molecule has 1 aromatic heterocycles. The zero-order valence-electron chi connectivity index (χ0n) is 15.8. The maximum atomic E-state index is 14.3. The largest absolute Gasteiger partial charge is 0.439 e. The number of hydrogen-bond donors (Lipinski definition) is 0. The van der Waals surface area contributed by atoms with Gasteiger partial charge < -0.3 is 9.32 Å². The van der Waals surface area contributed by atoms with Gasteiger partial charge in [-0.1, -0.05) is 25.3 Å². The van der Waals surface area contributed by atoms with Crippen molar-refractivity contribution in [1.82, 2.24) is 9.88 Å². The first-order chi connectivity index (χ1) is 13.5. The molecule has 1 heterocycles. The van der Waals surface area contributed by atoms with E-state index in [0.29, 0.717) is 11.5 Å². The Bertz CT molecular complexity index is 1010. The molecular weight excluding hydrogens is 362 g/mol. The van der Waals surface area contributed by atoms with Gasteiger partial charge in [0.15, 0.2) is 5.58 Å². The van der Waals surface area contributed by atoms with Crippen LogP contribution >= 0.6 is 0 Å². The highest BCUT2D eigenvalue weighted by atomic mass is 19.1. The van der Waals surface area contributed by atoms with E-state index < -0.39 is 17.5 Å². The van der Waals surface area contributed by atoms with E-state index in [1.807, 2.05) is 25.1 Å². The first-order valence-electron chi connectivity index (χ1n) is 9.63. The van der Waals surface area contributed by atoms with Gasteiger partial charge in [-0.15, -0.1) is 0 Å². The third-order valence-corrected chi connectivity index (χ3v) is 5.33. The van der Waals surface area contributed by atoms with Crippen LogP contribution in [-0.2, 0) is 6.54 Å². The third-order valence-electron chi connectivity index (χ3n) is 5.33. The van der Waals surface area contributed by atoms with Crippen molar-refractivity contribution >= 4 is 17.0 Å². The molecule has 1 saturated carbocycles. The number of hydrogen-bond acceptors (Lipinski definition) is 3. The molecule has 6 heteroatoms. The van der Waals surface area contributed by atoms with Crippen LogP contribution in [0.3, 0.4) is 0 Å². The van der Waals surface area contributed by atoms with Gasteiger partial charge in [-0.2, -0.15) is 0 Å². The summed E-state index contributed by atoms with van der Waals surface area (Å²) in [6, 6.07) is 8.77. The number of fused-ring (bicyclic) bond motifs is 1. The number of nitrogens with zero attached hydrogens (tertiary/aromatic N) is 2. The second-order valence-electron chi connectivity index (χ2n) is 7.43. The van der Waals surface area contributed by atoms with Crippen molar-refractivity contribution in [3.63, 3.8) is 0 Å². The molecule has 0 radical (unpaired) electrons. The zero-order chi connectivity index (χ0) is 19.7. The molecule has 0 bridgehead atoms. The number of benzene rings is 2. The number of aryl methyl sites for hydroxylation is 1. The summed E-state index contributed by atoms with van der Waals surface area (Å²) in [5.74, 6) is -1.59. The molecule has 0 N–H and O–H groups in total. The van der Waals surface area contributed by atoms with E-state index in [9.17, 15) is 13.6 Å². The molecule has 0 aliphatic heterocycles. The Kier molecular flexibility index (Phi) is 5.11. The van der Waals surface area contributed by atoms with Crippen LogP contribution in [-0.4, -0.2) is 21.8 Å². The van der Waals surface area contributed by atoms with Crippen LogP contribution < -0.4 is 0 Å². The van der Waals surface area contributed by atoms with E-state index in [1.165, 1.54) is 6.07 Å². The Labute approximate surface area is 162 Å². The highest BCUT2D eigenvalue weighted by Crippen LogP contribution is 2.27. The SMILES string of the molecule is Cc1ccc2oc(CN(C(=O)c3ccc(F)cc3F)C3CCCCC3)nc2c1. The Morgan fingerprint density at radius 3 is 2.68 bits per heavy atom. The topological polar surface area (TPSA) is 46.3 Å². The second-order valence-corrected chi connectivity index (χ2v) is 7.43. The summed E-state index contributed by atoms with van der Waals surface area (Å²) in [5, 5.41) is 0. The number of oxazole rings is 1. The lowest BCUT2D eigenvalue weighted by atomic mass is 9.93. The van der Waals surface area contributed by atoms with Crippen LogP contribution in [0.15, 0.2) is 40.8 Å². The molecule has 3 aromatic rings. The Morgan fingerprint density at radius 1 is 1.14 bits per heavy atom. The molecule has 4 nitrogen and oxygen atoms in total. The fraction of sp³-hybridized carbons (Fsp3) is 0.364. The maximum Gasteiger partial charge on any atom is 0.257 e. The van der Waals surface area contributed by atoms with Crippen LogP contribution in [0.5, 0.6) is 0 Å².